The number of anilines is 1. The summed E-state index contributed by atoms with van der Waals surface area (Å²) >= 11 is 0. The minimum absolute atomic E-state index is 0.545. The van der Waals surface area contributed by atoms with Crippen molar-refractivity contribution in [2.45, 2.75) is 33.2 Å². The van der Waals surface area contributed by atoms with Gasteiger partial charge in [-0.05, 0) is 51.9 Å². The molecule has 106 valence electrons. The number of piperazine rings is 1. The Morgan fingerprint density at radius 1 is 1.16 bits per heavy atom. The number of rotatable bonds is 3. The number of benzene rings is 1. The standard InChI is InChI=1S/C16H27N3/c1-12-9-13(2)16(14(3)10-12)19-8-7-18(4)11-15(19)5-6-17/h9-10,15H,5-8,11,17H2,1-4H3. The Hall–Kier alpha value is -1.06. The third-order valence-corrected chi connectivity index (χ3v) is 4.11. The Bertz CT molecular complexity index is 419. The number of nitrogens with two attached hydrogens (primary N) is 1. The highest BCUT2D eigenvalue weighted by molar-refractivity contribution is 5.61. The van der Waals surface area contributed by atoms with Crippen molar-refractivity contribution >= 4 is 5.69 Å². The van der Waals surface area contributed by atoms with Crippen molar-refractivity contribution in [2.75, 3.05) is 38.1 Å². The van der Waals surface area contributed by atoms with E-state index in [2.05, 4.69) is 49.8 Å². The first-order valence-corrected chi connectivity index (χ1v) is 7.26. The predicted molar refractivity (Wildman–Crippen MR) is 83.0 cm³/mol. The lowest BCUT2D eigenvalue weighted by Crippen LogP contribution is -2.53. The Morgan fingerprint density at radius 2 is 1.79 bits per heavy atom. The number of nitrogens with zero attached hydrogens (tertiary/aromatic N) is 2. The van der Waals surface area contributed by atoms with Crippen LogP contribution in [0.3, 0.4) is 0 Å². The number of hydrogen-bond donors (Lipinski definition) is 1. The van der Waals surface area contributed by atoms with Crippen molar-refractivity contribution in [3.05, 3.63) is 28.8 Å². The third-order valence-electron chi connectivity index (χ3n) is 4.11. The molecule has 1 atom stereocenters. The van der Waals surface area contributed by atoms with Gasteiger partial charge in [0.25, 0.3) is 0 Å². The molecule has 3 nitrogen and oxygen atoms in total. The van der Waals surface area contributed by atoms with Gasteiger partial charge in [0, 0.05) is 31.4 Å². The molecule has 0 amide bonds. The maximum atomic E-state index is 5.80. The van der Waals surface area contributed by atoms with Gasteiger partial charge in [0.05, 0.1) is 0 Å². The van der Waals surface area contributed by atoms with Crippen molar-refractivity contribution in [3.63, 3.8) is 0 Å². The zero-order valence-electron chi connectivity index (χ0n) is 12.7. The van der Waals surface area contributed by atoms with E-state index in [0.717, 1.165) is 32.6 Å². The van der Waals surface area contributed by atoms with Crippen LogP contribution >= 0.6 is 0 Å². The molecule has 19 heavy (non-hydrogen) atoms. The highest BCUT2D eigenvalue weighted by Gasteiger charge is 2.26. The summed E-state index contributed by atoms with van der Waals surface area (Å²) in [6.07, 6.45) is 1.07. The summed E-state index contributed by atoms with van der Waals surface area (Å²) < 4.78 is 0. The predicted octanol–water partition coefficient (Wildman–Crippen LogP) is 2.08. The molecule has 2 N–H and O–H groups in total. The highest BCUT2D eigenvalue weighted by atomic mass is 15.3. The summed E-state index contributed by atoms with van der Waals surface area (Å²) in [7, 11) is 2.20. The van der Waals surface area contributed by atoms with Gasteiger partial charge in [0.1, 0.15) is 0 Å². The lowest BCUT2D eigenvalue weighted by molar-refractivity contribution is 0.261. The summed E-state index contributed by atoms with van der Waals surface area (Å²) in [6.45, 7) is 10.7. The lowest BCUT2D eigenvalue weighted by atomic mass is 10.00. The van der Waals surface area contributed by atoms with Gasteiger partial charge in [0.15, 0.2) is 0 Å². The van der Waals surface area contributed by atoms with Gasteiger partial charge in [-0.2, -0.15) is 0 Å². The second kappa shape index (κ2) is 5.93. The van der Waals surface area contributed by atoms with Crippen molar-refractivity contribution in [2.24, 2.45) is 5.73 Å². The molecule has 0 bridgehead atoms. The molecule has 2 rings (SSSR count). The molecular weight excluding hydrogens is 234 g/mol. The number of aryl methyl sites for hydroxylation is 3. The molecular formula is C16H27N3. The zero-order chi connectivity index (χ0) is 14.0. The molecule has 1 aromatic carbocycles. The van der Waals surface area contributed by atoms with Gasteiger partial charge in [0.2, 0.25) is 0 Å². The first-order valence-electron chi connectivity index (χ1n) is 7.26. The fourth-order valence-corrected chi connectivity index (χ4v) is 3.37. The van der Waals surface area contributed by atoms with Crippen LogP contribution in [0.4, 0.5) is 5.69 Å². The quantitative estimate of drug-likeness (QED) is 0.904. The first kappa shape index (κ1) is 14.4. The largest absolute Gasteiger partial charge is 0.365 e. The fourth-order valence-electron chi connectivity index (χ4n) is 3.37. The second-order valence-corrected chi connectivity index (χ2v) is 5.93. The van der Waals surface area contributed by atoms with Gasteiger partial charge in [-0.3, -0.25) is 0 Å². The Labute approximate surface area is 117 Å². The maximum Gasteiger partial charge on any atom is 0.0429 e. The van der Waals surface area contributed by atoms with E-state index in [1.807, 2.05) is 0 Å². The van der Waals surface area contributed by atoms with Crippen LogP contribution in [0.5, 0.6) is 0 Å². The van der Waals surface area contributed by atoms with E-state index in [0.29, 0.717) is 6.04 Å². The molecule has 3 heteroatoms. The van der Waals surface area contributed by atoms with Crippen molar-refractivity contribution < 1.29 is 0 Å². The zero-order valence-corrected chi connectivity index (χ0v) is 12.7. The number of hydrogen-bond acceptors (Lipinski definition) is 3. The minimum atomic E-state index is 0.545. The third kappa shape index (κ3) is 3.10. The summed E-state index contributed by atoms with van der Waals surface area (Å²) in [5.41, 5.74) is 11.4. The molecule has 0 spiro atoms. The molecule has 1 saturated heterocycles. The Kier molecular flexibility index (Phi) is 4.48. The van der Waals surface area contributed by atoms with Crippen molar-refractivity contribution in [3.8, 4) is 0 Å². The van der Waals surface area contributed by atoms with E-state index < -0.39 is 0 Å². The van der Waals surface area contributed by atoms with Crippen molar-refractivity contribution in [1.82, 2.24) is 4.90 Å². The summed E-state index contributed by atoms with van der Waals surface area (Å²) in [6, 6.07) is 5.13. The van der Waals surface area contributed by atoms with Gasteiger partial charge in [-0.1, -0.05) is 17.7 Å². The minimum Gasteiger partial charge on any atom is -0.365 e. The molecule has 1 aliphatic heterocycles. The average molecular weight is 261 g/mol. The van der Waals surface area contributed by atoms with Gasteiger partial charge < -0.3 is 15.5 Å². The van der Waals surface area contributed by atoms with Crippen molar-refractivity contribution in [1.29, 1.82) is 0 Å². The van der Waals surface area contributed by atoms with E-state index in [1.165, 1.54) is 22.4 Å². The van der Waals surface area contributed by atoms with E-state index in [1.54, 1.807) is 0 Å². The van der Waals surface area contributed by atoms with Crippen LogP contribution in [-0.4, -0.2) is 44.2 Å². The van der Waals surface area contributed by atoms with Crippen LogP contribution in [0.1, 0.15) is 23.1 Å². The number of likely N-dealkylation sites (N-methyl/N-ethyl adjacent to an activating group) is 1. The average Bonchev–Trinajstić information content (AvgIpc) is 2.31. The molecule has 1 heterocycles. The molecule has 1 fully saturated rings. The molecule has 0 aromatic heterocycles. The lowest BCUT2D eigenvalue weighted by Gasteiger charge is -2.43. The topological polar surface area (TPSA) is 32.5 Å². The molecule has 1 aliphatic rings. The molecule has 1 unspecified atom stereocenters. The van der Waals surface area contributed by atoms with Gasteiger partial charge >= 0.3 is 0 Å². The van der Waals surface area contributed by atoms with E-state index in [9.17, 15) is 0 Å². The van der Waals surface area contributed by atoms with E-state index >= 15 is 0 Å². The van der Waals surface area contributed by atoms with Crippen LogP contribution in [0.2, 0.25) is 0 Å². The smallest absolute Gasteiger partial charge is 0.0429 e. The molecule has 1 aromatic rings. The summed E-state index contributed by atoms with van der Waals surface area (Å²) in [4.78, 5) is 4.99. The SMILES string of the molecule is Cc1cc(C)c(N2CCN(C)CC2CCN)c(C)c1. The maximum absolute atomic E-state index is 5.80. The van der Waals surface area contributed by atoms with Crippen LogP contribution < -0.4 is 10.6 Å². The molecule has 0 aliphatic carbocycles. The fraction of sp³-hybridized carbons (Fsp3) is 0.625. The van der Waals surface area contributed by atoms with Crippen LogP contribution in [0, 0.1) is 20.8 Å². The summed E-state index contributed by atoms with van der Waals surface area (Å²) in [5, 5.41) is 0. The highest BCUT2D eigenvalue weighted by Crippen LogP contribution is 2.30. The molecule has 0 saturated carbocycles. The van der Waals surface area contributed by atoms with E-state index in [4.69, 9.17) is 5.73 Å². The molecule has 0 radical (unpaired) electrons. The second-order valence-electron chi connectivity index (χ2n) is 5.93. The van der Waals surface area contributed by atoms with Crippen LogP contribution in [0.15, 0.2) is 12.1 Å². The van der Waals surface area contributed by atoms with Gasteiger partial charge in [-0.15, -0.1) is 0 Å². The van der Waals surface area contributed by atoms with Gasteiger partial charge in [-0.25, -0.2) is 0 Å². The first-order chi connectivity index (χ1) is 9.02. The van der Waals surface area contributed by atoms with E-state index in [-0.39, 0.29) is 0 Å². The normalized spacial score (nSPS) is 20.9. The Morgan fingerprint density at radius 3 is 2.37 bits per heavy atom. The van der Waals surface area contributed by atoms with Crippen LogP contribution in [-0.2, 0) is 0 Å². The Balaban J connectivity index is 2.33. The summed E-state index contributed by atoms with van der Waals surface area (Å²) in [5.74, 6) is 0. The monoisotopic (exact) mass is 261 g/mol. The van der Waals surface area contributed by atoms with Crippen LogP contribution in [0.25, 0.3) is 0 Å².